The van der Waals surface area contributed by atoms with Gasteiger partial charge in [-0.1, -0.05) is 11.8 Å². The molecule has 3 rings (SSSR count). The van der Waals surface area contributed by atoms with Gasteiger partial charge in [0.25, 0.3) is 6.20 Å². The lowest BCUT2D eigenvalue weighted by molar-refractivity contribution is -0.763. The van der Waals surface area contributed by atoms with Crippen LogP contribution in [-0.2, 0) is 24.1 Å². The molecule has 9 heteroatoms. The van der Waals surface area contributed by atoms with Gasteiger partial charge >= 0.3 is 5.88 Å². The van der Waals surface area contributed by atoms with Crippen molar-refractivity contribution in [1.82, 2.24) is 10.3 Å². The average molecular weight is 359 g/mol. The molecule has 8 nitrogen and oxygen atoms in total. The first-order chi connectivity index (χ1) is 12.2. The Bertz CT molecular complexity index is 828. The lowest BCUT2D eigenvalue weighted by atomic mass is 10.2. The highest BCUT2D eigenvalue weighted by Gasteiger charge is 2.16. The van der Waals surface area contributed by atoms with Crippen LogP contribution in [0.15, 0.2) is 26.8 Å². The Balaban J connectivity index is 1.65. The topological polar surface area (TPSA) is 111 Å². The van der Waals surface area contributed by atoms with Gasteiger partial charge in [0.1, 0.15) is 17.7 Å². The molecule has 0 aliphatic heterocycles. The van der Waals surface area contributed by atoms with E-state index in [0.29, 0.717) is 23.7 Å². The van der Waals surface area contributed by atoms with E-state index in [0.717, 1.165) is 30.5 Å². The van der Waals surface area contributed by atoms with E-state index in [-0.39, 0.29) is 17.5 Å². The maximum atomic E-state index is 12.0. The van der Waals surface area contributed by atoms with Crippen molar-refractivity contribution in [1.29, 1.82) is 5.26 Å². The zero-order chi connectivity index (χ0) is 17.6. The van der Waals surface area contributed by atoms with Crippen molar-refractivity contribution >= 4 is 23.5 Å². The molecule has 0 amide bonds. The van der Waals surface area contributed by atoms with Crippen LogP contribution in [0.5, 0.6) is 0 Å². The van der Waals surface area contributed by atoms with Gasteiger partial charge in [0.05, 0.1) is 5.56 Å². The third-order valence-corrected chi connectivity index (χ3v) is 4.70. The average Bonchev–Trinajstić information content (AvgIpc) is 3.25. The summed E-state index contributed by atoms with van der Waals surface area (Å²) in [6, 6.07) is 4.04. The van der Waals surface area contributed by atoms with Crippen LogP contribution in [0.3, 0.4) is 0 Å². The maximum absolute atomic E-state index is 12.0. The fourth-order valence-corrected chi connectivity index (χ4v) is 3.30. The van der Waals surface area contributed by atoms with Gasteiger partial charge in [-0.25, -0.2) is 9.98 Å². The monoisotopic (exact) mass is 359 g/mol. The van der Waals surface area contributed by atoms with Gasteiger partial charge in [-0.3, -0.25) is 4.52 Å². The second-order valence-corrected chi connectivity index (χ2v) is 6.47. The summed E-state index contributed by atoms with van der Waals surface area (Å²) in [6.07, 6.45) is 4.48. The number of rotatable bonds is 7. The lowest BCUT2D eigenvalue weighted by Crippen LogP contribution is -2.36. The lowest BCUT2D eigenvalue weighted by Gasteiger charge is -2.10. The summed E-state index contributed by atoms with van der Waals surface area (Å²) < 4.78 is 11.4. The summed E-state index contributed by atoms with van der Waals surface area (Å²) in [5.74, 6) is -0.144. The van der Waals surface area contributed by atoms with Crippen LogP contribution in [0.25, 0.3) is 0 Å². The van der Waals surface area contributed by atoms with Crippen molar-refractivity contribution in [2.24, 2.45) is 4.99 Å². The molecular formula is C16H17N5O3S. The number of nitriles is 1. The van der Waals surface area contributed by atoms with Crippen molar-refractivity contribution in [3.05, 3.63) is 29.1 Å². The third-order valence-electron chi connectivity index (χ3n) is 3.73. The molecule has 25 heavy (non-hydrogen) atoms. The minimum absolute atomic E-state index is 0.0826. The number of hydrogen-bond donors (Lipinski definition) is 0. The molecule has 0 radical (unpaired) electrons. The van der Waals surface area contributed by atoms with Crippen LogP contribution in [0, 0.1) is 11.3 Å². The van der Waals surface area contributed by atoms with E-state index >= 15 is 0 Å². The number of nitrogens with zero attached hydrogens (tertiary/aromatic N) is 5. The molecular weight excluding hydrogens is 342 g/mol. The van der Waals surface area contributed by atoms with Crippen molar-refractivity contribution in [2.45, 2.75) is 30.8 Å². The predicted molar refractivity (Wildman–Crippen MR) is 87.4 cm³/mol. The molecule has 2 aromatic heterocycles. The fraction of sp³-hybridized carbons (Fsp3) is 0.438. The first kappa shape index (κ1) is 17.4. The Morgan fingerprint density at radius 2 is 2.44 bits per heavy atom. The van der Waals surface area contributed by atoms with Gasteiger partial charge in [0.2, 0.25) is 11.8 Å². The molecule has 130 valence electrons. The number of aliphatic imine (C=N–C) groups is 1. The number of thioether (sulfide) groups is 1. The Labute approximate surface area is 149 Å². The van der Waals surface area contributed by atoms with Gasteiger partial charge in [-0.2, -0.15) is 5.26 Å². The summed E-state index contributed by atoms with van der Waals surface area (Å²) in [5.41, 5.74) is 2.68. The fourth-order valence-electron chi connectivity index (χ4n) is 2.54. The predicted octanol–water partition coefficient (Wildman–Crippen LogP) is 0.546. The zero-order valence-corrected chi connectivity index (χ0v) is 14.6. The number of ether oxygens (including phenoxy) is 1. The highest BCUT2D eigenvalue weighted by molar-refractivity contribution is 7.99. The first-order valence-electron chi connectivity index (χ1n) is 7.85. The first-order valence-corrected chi connectivity index (χ1v) is 8.84. The summed E-state index contributed by atoms with van der Waals surface area (Å²) in [5, 5.41) is 25.6. The minimum atomic E-state index is -0.369. The van der Waals surface area contributed by atoms with Crippen LogP contribution >= 0.6 is 11.8 Å². The van der Waals surface area contributed by atoms with Crippen molar-refractivity contribution in [3.63, 3.8) is 0 Å². The van der Waals surface area contributed by atoms with E-state index in [4.69, 9.17) is 9.26 Å². The van der Waals surface area contributed by atoms with Gasteiger partial charge in [-0.05, 0) is 41.5 Å². The molecule has 2 aromatic rings. The summed E-state index contributed by atoms with van der Waals surface area (Å²) in [4.78, 5) is 8.40. The van der Waals surface area contributed by atoms with Crippen LogP contribution in [-0.4, -0.2) is 35.6 Å². The summed E-state index contributed by atoms with van der Waals surface area (Å²) in [7, 11) is 1.59. The number of aromatic nitrogens is 3. The molecule has 2 heterocycles. The van der Waals surface area contributed by atoms with E-state index in [2.05, 4.69) is 21.3 Å². The van der Waals surface area contributed by atoms with Crippen LogP contribution < -0.4 is 9.79 Å². The third kappa shape index (κ3) is 4.35. The molecule has 0 N–H and O–H groups in total. The summed E-state index contributed by atoms with van der Waals surface area (Å²) in [6.45, 7) is 1.00. The molecule has 0 fully saturated rings. The Morgan fingerprint density at radius 1 is 1.56 bits per heavy atom. The number of hydrogen-bond acceptors (Lipinski definition) is 8. The highest BCUT2D eigenvalue weighted by atomic mass is 32.2. The largest absolute Gasteiger partial charge is 0.861 e. The van der Waals surface area contributed by atoms with Crippen LogP contribution in [0.1, 0.15) is 23.2 Å². The molecule has 0 unspecified atom stereocenters. The maximum Gasteiger partial charge on any atom is 0.320 e. The zero-order valence-electron chi connectivity index (χ0n) is 13.8. The quantitative estimate of drug-likeness (QED) is 0.307. The Hall–Kier alpha value is -2.44. The van der Waals surface area contributed by atoms with Gasteiger partial charge in [0, 0.05) is 18.6 Å². The summed E-state index contributed by atoms with van der Waals surface area (Å²) >= 11 is 1.22. The van der Waals surface area contributed by atoms with Gasteiger partial charge < -0.3 is 9.84 Å². The number of aryl methyl sites for hydroxylation is 2. The molecule has 1 aliphatic rings. The molecule has 0 saturated heterocycles. The van der Waals surface area contributed by atoms with Gasteiger partial charge in [-0.15, -0.1) is 0 Å². The van der Waals surface area contributed by atoms with Gasteiger partial charge in [0.15, 0.2) is 0 Å². The SMILES string of the molecule is COCC[n+]1cc(/N=C(\[O-])CSc2nc3c(cc2C#N)CCC3)on1. The van der Waals surface area contributed by atoms with Crippen LogP contribution in [0.4, 0.5) is 5.88 Å². The number of methoxy groups -OCH3 is 1. The Kier molecular flexibility index (Phi) is 5.63. The molecule has 0 bridgehead atoms. The second kappa shape index (κ2) is 8.09. The van der Waals surface area contributed by atoms with E-state index in [1.54, 1.807) is 7.11 Å². The minimum Gasteiger partial charge on any atom is -0.861 e. The van der Waals surface area contributed by atoms with E-state index in [1.165, 1.54) is 22.6 Å². The molecule has 0 spiro atoms. The highest BCUT2D eigenvalue weighted by Crippen LogP contribution is 2.27. The normalized spacial score (nSPS) is 13.7. The van der Waals surface area contributed by atoms with Crippen molar-refractivity contribution < 1.29 is 19.0 Å². The van der Waals surface area contributed by atoms with E-state index < -0.39 is 0 Å². The number of pyridine rings is 1. The van der Waals surface area contributed by atoms with Crippen molar-refractivity contribution in [2.75, 3.05) is 19.5 Å². The molecule has 0 aromatic carbocycles. The van der Waals surface area contributed by atoms with Crippen molar-refractivity contribution in [3.8, 4) is 6.07 Å². The Morgan fingerprint density at radius 3 is 3.24 bits per heavy atom. The molecule has 0 saturated carbocycles. The van der Waals surface area contributed by atoms with Crippen LogP contribution in [0.2, 0.25) is 0 Å². The van der Waals surface area contributed by atoms with E-state index in [9.17, 15) is 10.4 Å². The molecule has 1 aliphatic carbocycles. The molecule has 0 atom stereocenters. The number of fused-ring (bicyclic) bond motifs is 1. The van der Waals surface area contributed by atoms with E-state index in [1.807, 2.05) is 6.07 Å². The smallest absolute Gasteiger partial charge is 0.320 e. The standard InChI is InChI=1S/C16H17N5O3S/c1-23-6-5-21-9-15(24-20-21)19-14(22)10-25-16-12(8-17)7-11-3-2-4-13(11)18-16/h7,9H,2-6,10H2,1H3. The second-order valence-electron chi connectivity index (χ2n) is 5.50.